The molecule has 7 nitrogen and oxygen atoms in total. The Hall–Kier alpha value is -2.41. The first-order valence-corrected chi connectivity index (χ1v) is 10.1. The minimum Gasteiger partial charge on any atom is -0.480 e. The fraction of sp³-hybridized carbons (Fsp3) is 0.571. The van der Waals surface area contributed by atoms with Crippen LogP contribution < -0.4 is 5.32 Å². The SMILES string of the molecule is O=C(CCC1CCOCC1)Nc1cccc(C(=O)N2CCCCC2C(=O)O)c1. The van der Waals surface area contributed by atoms with E-state index in [9.17, 15) is 19.5 Å². The number of anilines is 1. The standard InChI is InChI=1S/C21H28N2O5/c24-19(8-7-15-9-12-28-13-10-15)22-17-5-3-4-16(14-17)20(25)23-11-2-1-6-18(23)21(26)27/h3-5,14-15,18H,1-2,6-13H2,(H,22,24)(H,26,27). The van der Waals surface area contributed by atoms with Gasteiger partial charge in [-0.15, -0.1) is 0 Å². The molecule has 1 unspecified atom stereocenters. The van der Waals surface area contributed by atoms with Crippen LogP contribution in [0.1, 0.15) is 55.3 Å². The molecule has 0 spiro atoms. The number of benzene rings is 1. The summed E-state index contributed by atoms with van der Waals surface area (Å²) in [5, 5.41) is 12.2. The molecule has 2 fully saturated rings. The molecule has 0 aliphatic carbocycles. The zero-order chi connectivity index (χ0) is 19.9. The van der Waals surface area contributed by atoms with Crippen LogP contribution in [0.3, 0.4) is 0 Å². The molecule has 2 saturated heterocycles. The van der Waals surface area contributed by atoms with E-state index in [1.54, 1.807) is 24.3 Å². The second kappa shape index (κ2) is 9.68. The molecule has 2 amide bonds. The summed E-state index contributed by atoms with van der Waals surface area (Å²) in [6.07, 6.45) is 5.36. The number of carbonyl (C=O) groups is 3. The number of nitrogens with one attached hydrogen (secondary N) is 1. The molecule has 0 radical (unpaired) electrons. The Morgan fingerprint density at radius 3 is 2.68 bits per heavy atom. The van der Waals surface area contributed by atoms with Gasteiger partial charge in [0.1, 0.15) is 6.04 Å². The van der Waals surface area contributed by atoms with Crippen LogP contribution in [-0.2, 0) is 14.3 Å². The van der Waals surface area contributed by atoms with Gasteiger partial charge in [-0.25, -0.2) is 4.79 Å². The smallest absolute Gasteiger partial charge is 0.326 e. The fourth-order valence-corrected chi connectivity index (χ4v) is 3.92. The van der Waals surface area contributed by atoms with Crippen molar-refractivity contribution in [3.8, 4) is 0 Å². The van der Waals surface area contributed by atoms with E-state index in [0.29, 0.717) is 36.6 Å². The largest absolute Gasteiger partial charge is 0.480 e. The summed E-state index contributed by atoms with van der Waals surface area (Å²) in [5.41, 5.74) is 0.960. The summed E-state index contributed by atoms with van der Waals surface area (Å²) in [4.78, 5) is 38.0. The maximum absolute atomic E-state index is 12.8. The van der Waals surface area contributed by atoms with Crippen LogP contribution in [0.4, 0.5) is 5.69 Å². The van der Waals surface area contributed by atoms with Crippen LogP contribution in [0.2, 0.25) is 0 Å². The minimum absolute atomic E-state index is 0.0718. The highest BCUT2D eigenvalue weighted by Gasteiger charge is 2.32. The lowest BCUT2D eigenvalue weighted by Gasteiger charge is -2.33. The van der Waals surface area contributed by atoms with Crippen LogP contribution in [0.5, 0.6) is 0 Å². The fourth-order valence-electron chi connectivity index (χ4n) is 3.92. The summed E-state index contributed by atoms with van der Waals surface area (Å²) in [6.45, 7) is 1.98. The van der Waals surface area contributed by atoms with Gasteiger partial charge in [-0.3, -0.25) is 9.59 Å². The summed E-state index contributed by atoms with van der Waals surface area (Å²) in [7, 11) is 0. The normalized spacial score (nSPS) is 20.6. The van der Waals surface area contributed by atoms with Crippen molar-refractivity contribution in [2.75, 3.05) is 25.1 Å². The van der Waals surface area contributed by atoms with E-state index < -0.39 is 12.0 Å². The van der Waals surface area contributed by atoms with E-state index >= 15 is 0 Å². The number of carboxylic acid groups (broad SMARTS) is 1. The number of amides is 2. The number of ether oxygens (including phenoxy) is 1. The van der Waals surface area contributed by atoms with Crippen LogP contribution in [0.15, 0.2) is 24.3 Å². The van der Waals surface area contributed by atoms with Crippen molar-refractivity contribution in [2.24, 2.45) is 5.92 Å². The van der Waals surface area contributed by atoms with E-state index in [4.69, 9.17) is 4.74 Å². The Balaban J connectivity index is 1.58. The van der Waals surface area contributed by atoms with Crippen molar-refractivity contribution in [1.82, 2.24) is 4.90 Å². The highest BCUT2D eigenvalue weighted by molar-refractivity contribution is 5.99. The summed E-state index contributed by atoms with van der Waals surface area (Å²) < 4.78 is 5.34. The zero-order valence-corrected chi connectivity index (χ0v) is 16.1. The molecule has 0 bridgehead atoms. The molecule has 1 aromatic carbocycles. The van der Waals surface area contributed by atoms with E-state index in [-0.39, 0.29) is 11.8 Å². The van der Waals surface area contributed by atoms with Crippen LogP contribution >= 0.6 is 0 Å². The van der Waals surface area contributed by atoms with Crippen molar-refractivity contribution >= 4 is 23.5 Å². The second-order valence-corrected chi connectivity index (χ2v) is 7.57. The maximum Gasteiger partial charge on any atom is 0.326 e. The van der Waals surface area contributed by atoms with Gasteiger partial charge in [0.15, 0.2) is 0 Å². The first-order valence-electron chi connectivity index (χ1n) is 10.1. The molecule has 2 aliphatic heterocycles. The quantitative estimate of drug-likeness (QED) is 0.781. The second-order valence-electron chi connectivity index (χ2n) is 7.57. The molecule has 3 rings (SSSR count). The van der Waals surface area contributed by atoms with Crippen LogP contribution in [-0.4, -0.2) is 53.6 Å². The van der Waals surface area contributed by atoms with Crippen molar-refractivity contribution < 1.29 is 24.2 Å². The van der Waals surface area contributed by atoms with Gasteiger partial charge in [0.2, 0.25) is 5.91 Å². The molecule has 28 heavy (non-hydrogen) atoms. The van der Waals surface area contributed by atoms with E-state index in [0.717, 1.165) is 45.3 Å². The lowest BCUT2D eigenvalue weighted by Crippen LogP contribution is -2.48. The lowest BCUT2D eigenvalue weighted by atomic mass is 9.95. The number of hydrogen-bond donors (Lipinski definition) is 2. The average Bonchev–Trinajstić information content (AvgIpc) is 2.72. The van der Waals surface area contributed by atoms with Gasteiger partial charge in [0.05, 0.1) is 0 Å². The van der Waals surface area contributed by atoms with Gasteiger partial charge in [0, 0.05) is 37.4 Å². The predicted octanol–water partition coefficient (Wildman–Crippen LogP) is 2.91. The number of piperidine rings is 1. The molecule has 0 aromatic heterocycles. The van der Waals surface area contributed by atoms with Gasteiger partial charge >= 0.3 is 5.97 Å². The highest BCUT2D eigenvalue weighted by atomic mass is 16.5. The monoisotopic (exact) mass is 388 g/mol. The summed E-state index contributed by atoms with van der Waals surface area (Å²) in [6, 6.07) is 5.96. The number of rotatable bonds is 6. The van der Waals surface area contributed by atoms with Crippen molar-refractivity contribution in [3.63, 3.8) is 0 Å². The molecule has 7 heteroatoms. The predicted molar refractivity (Wildman–Crippen MR) is 104 cm³/mol. The Morgan fingerprint density at radius 2 is 1.93 bits per heavy atom. The highest BCUT2D eigenvalue weighted by Crippen LogP contribution is 2.23. The number of likely N-dealkylation sites (tertiary alicyclic amines) is 1. The molecular weight excluding hydrogens is 360 g/mol. The van der Waals surface area contributed by atoms with Crippen molar-refractivity contribution in [2.45, 2.75) is 51.0 Å². The molecule has 2 N–H and O–H groups in total. The van der Waals surface area contributed by atoms with Crippen LogP contribution in [0, 0.1) is 5.92 Å². The third kappa shape index (κ3) is 5.32. The lowest BCUT2D eigenvalue weighted by molar-refractivity contribution is -0.143. The Bertz CT molecular complexity index is 715. The Labute approximate surface area is 165 Å². The molecular formula is C21H28N2O5. The number of carbonyl (C=O) groups excluding carboxylic acids is 2. The third-order valence-corrected chi connectivity index (χ3v) is 5.56. The molecule has 152 valence electrons. The van der Waals surface area contributed by atoms with Crippen molar-refractivity contribution in [1.29, 1.82) is 0 Å². The van der Waals surface area contributed by atoms with E-state index in [1.807, 2.05) is 0 Å². The van der Waals surface area contributed by atoms with Gasteiger partial charge < -0.3 is 20.1 Å². The molecule has 1 atom stereocenters. The summed E-state index contributed by atoms with van der Waals surface area (Å²) >= 11 is 0. The Kier molecular flexibility index (Phi) is 7.03. The Morgan fingerprint density at radius 1 is 1.14 bits per heavy atom. The number of aliphatic carboxylic acids is 1. The maximum atomic E-state index is 12.8. The van der Waals surface area contributed by atoms with E-state index in [2.05, 4.69) is 5.32 Å². The van der Waals surface area contributed by atoms with Gasteiger partial charge in [-0.05, 0) is 62.6 Å². The molecule has 2 heterocycles. The van der Waals surface area contributed by atoms with Crippen LogP contribution in [0.25, 0.3) is 0 Å². The van der Waals surface area contributed by atoms with E-state index in [1.165, 1.54) is 4.90 Å². The van der Waals surface area contributed by atoms with Gasteiger partial charge in [-0.1, -0.05) is 6.07 Å². The average molecular weight is 388 g/mol. The first kappa shape index (κ1) is 20.3. The third-order valence-electron chi connectivity index (χ3n) is 5.56. The molecule has 2 aliphatic rings. The number of carboxylic acids is 1. The van der Waals surface area contributed by atoms with Crippen molar-refractivity contribution in [3.05, 3.63) is 29.8 Å². The number of hydrogen-bond acceptors (Lipinski definition) is 4. The topological polar surface area (TPSA) is 95.9 Å². The first-order chi connectivity index (χ1) is 13.5. The minimum atomic E-state index is -0.967. The van der Waals surface area contributed by atoms with Gasteiger partial charge in [0.25, 0.3) is 5.91 Å². The molecule has 1 aromatic rings. The van der Waals surface area contributed by atoms with Gasteiger partial charge in [-0.2, -0.15) is 0 Å². The number of nitrogens with zero attached hydrogens (tertiary/aromatic N) is 1. The molecule has 0 saturated carbocycles. The summed E-state index contributed by atoms with van der Waals surface area (Å²) in [5.74, 6) is -0.812. The zero-order valence-electron chi connectivity index (χ0n) is 16.1.